The van der Waals surface area contributed by atoms with Crippen LogP contribution in [-0.4, -0.2) is 29.6 Å². The molecule has 0 aliphatic carbocycles. The monoisotopic (exact) mass is 248 g/mol. The van der Waals surface area contributed by atoms with Crippen LogP contribution in [-0.2, 0) is 11.3 Å². The van der Waals surface area contributed by atoms with Gasteiger partial charge in [0, 0.05) is 18.6 Å². The van der Waals surface area contributed by atoms with Crippen LogP contribution in [0, 0.1) is 0 Å². The van der Waals surface area contributed by atoms with E-state index < -0.39 is 0 Å². The van der Waals surface area contributed by atoms with Crippen molar-refractivity contribution in [1.29, 1.82) is 0 Å². The third-order valence-electron chi connectivity index (χ3n) is 3.36. The number of likely N-dealkylation sites (tertiary alicyclic amines) is 1. The highest BCUT2D eigenvalue weighted by Crippen LogP contribution is 2.17. The molecule has 1 fully saturated rings. The number of piperidine rings is 1. The summed E-state index contributed by atoms with van der Waals surface area (Å²) < 4.78 is 5.32. The Balaban J connectivity index is 1.85. The molecule has 0 spiro atoms. The van der Waals surface area contributed by atoms with Crippen LogP contribution in [0.5, 0.6) is 0 Å². The van der Waals surface area contributed by atoms with E-state index in [0.717, 1.165) is 18.4 Å². The summed E-state index contributed by atoms with van der Waals surface area (Å²) in [4.78, 5) is 13.7. The Morgan fingerprint density at radius 1 is 1.44 bits per heavy atom. The molecule has 2 N–H and O–H groups in total. The van der Waals surface area contributed by atoms with Gasteiger partial charge >= 0.3 is 6.09 Å². The second kappa shape index (κ2) is 5.87. The molecule has 1 aliphatic rings. The number of nitrogens with zero attached hydrogens (tertiary/aromatic N) is 1. The molecule has 98 valence electrons. The summed E-state index contributed by atoms with van der Waals surface area (Å²) in [5.74, 6) is 0. The van der Waals surface area contributed by atoms with E-state index >= 15 is 0 Å². The number of ether oxygens (including phenoxy) is 1. The molecule has 1 aromatic carbocycles. The highest BCUT2D eigenvalue weighted by molar-refractivity contribution is 5.68. The third-order valence-corrected chi connectivity index (χ3v) is 3.36. The number of benzene rings is 1. The van der Waals surface area contributed by atoms with E-state index in [1.54, 1.807) is 4.90 Å². The molecule has 4 heteroatoms. The van der Waals surface area contributed by atoms with Crippen LogP contribution in [0.25, 0.3) is 0 Å². The van der Waals surface area contributed by atoms with Gasteiger partial charge in [0.15, 0.2) is 0 Å². The van der Waals surface area contributed by atoms with Gasteiger partial charge in [0.1, 0.15) is 6.61 Å². The van der Waals surface area contributed by atoms with Gasteiger partial charge < -0.3 is 15.4 Å². The van der Waals surface area contributed by atoms with Crippen LogP contribution in [0.2, 0.25) is 0 Å². The fourth-order valence-electron chi connectivity index (χ4n) is 2.28. The Labute approximate surface area is 108 Å². The average Bonchev–Trinajstić information content (AvgIpc) is 2.37. The Bertz CT molecular complexity index is 394. The molecule has 18 heavy (non-hydrogen) atoms. The van der Waals surface area contributed by atoms with E-state index in [1.807, 2.05) is 37.3 Å². The molecule has 2 atom stereocenters. The molecule has 1 aromatic rings. The molecule has 1 aliphatic heterocycles. The maximum Gasteiger partial charge on any atom is 0.410 e. The van der Waals surface area contributed by atoms with Crippen LogP contribution >= 0.6 is 0 Å². The zero-order valence-electron chi connectivity index (χ0n) is 10.7. The van der Waals surface area contributed by atoms with Crippen molar-refractivity contribution in [2.75, 3.05) is 6.54 Å². The van der Waals surface area contributed by atoms with E-state index in [4.69, 9.17) is 10.5 Å². The van der Waals surface area contributed by atoms with Crippen molar-refractivity contribution in [3.05, 3.63) is 35.9 Å². The quantitative estimate of drug-likeness (QED) is 0.872. The van der Waals surface area contributed by atoms with Crippen molar-refractivity contribution in [1.82, 2.24) is 4.90 Å². The molecule has 1 heterocycles. The zero-order valence-corrected chi connectivity index (χ0v) is 10.7. The molecule has 0 aromatic heterocycles. The van der Waals surface area contributed by atoms with Crippen molar-refractivity contribution in [3.63, 3.8) is 0 Å². The normalized spacial score (nSPS) is 23.8. The van der Waals surface area contributed by atoms with Crippen LogP contribution in [0.4, 0.5) is 4.79 Å². The van der Waals surface area contributed by atoms with Crippen LogP contribution in [0.15, 0.2) is 30.3 Å². The van der Waals surface area contributed by atoms with E-state index in [1.165, 1.54) is 0 Å². The van der Waals surface area contributed by atoms with E-state index in [-0.39, 0.29) is 18.2 Å². The number of nitrogens with two attached hydrogens (primary N) is 1. The van der Waals surface area contributed by atoms with Crippen molar-refractivity contribution < 1.29 is 9.53 Å². The maximum atomic E-state index is 12.0. The molecule has 0 radical (unpaired) electrons. The number of rotatable bonds is 2. The van der Waals surface area contributed by atoms with Gasteiger partial charge in [0.2, 0.25) is 0 Å². The number of carbonyl (C=O) groups is 1. The van der Waals surface area contributed by atoms with Gasteiger partial charge in [-0.2, -0.15) is 0 Å². The lowest BCUT2D eigenvalue weighted by Crippen LogP contribution is -2.48. The topological polar surface area (TPSA) is 55.6 Å². The molecule has 2 unspecified atom stereocenters. The van der Waals surface area contributed by atoms with E-state index in [0.29, 0.717) is 13.2 Å². The van der Waals surface area contributed by atoms with Crippen LogP contribution < -0.4 is 5.73 Å². The first-order chi connectivity index (χ1) is 8.66. The molecular weight excluding hydrogens is 228 g/mol. The number of amides is 1. The second-order valence-corrected chi connectivity index (χ2v) is 4.87. The summed E-state index contributed by atoms with van der Waals surface area (Å²) in [6.45, 7) is 3.04. The molecule has 2 rings (SSSR count). The van der Waals surface area contributed by atoms with Crippen molar-refractivity contribution in [2.24, 2.45) is 5.73 Å². The summed E-state index contributed by atoms with van der Waals surface area (Å²) in [5.41, 5.74) is 6.88. The van der Waals surface area contributed by atoms with Gasteiger partial charge in [0.25, 0.3) is 0 Å². The van der Waals surface area contributed by atoms with E-state index in [2.05, 4.69) is 0 Å². The largest absolute Gasteiger partial charge is 0.445 e. The molecule has 1 saturated heterocycles. The molecule has 4 nitrogen and oxygen atoms in total. The SMILES string of the molecule is CC1CC(N)CCN1C(=O)OCc1ccccc1. The first kappa shape index (κ1) is 12.9. The summed E-state index contributed by atoms with van der Waals surface area (Å²) in [6, 6.07) is 10.1. The highest BCUT2D eigenvalue weighted by Gasteiger charge is 2.27. The predicted octanol–water partition coefficient (Wildman–Crippen LogP) is 2.13. The van der Waals surface area contributed by atoms with Crippen molar-refractivity contribution in [2.45, 2.75) is 38.5 Å². The minimum atomic E-state index is -0.238. The van der Waals surface area contributed by atoms with Crippen molar-refractivity contribution in [3.8, 4) is 0 Å². The Kier molecular flexibility index (Phi) is 4.20. The standard InChI is InChI=1S/C14H20N2O2/c1-11-9-13(15)7-8-16(11)14(17)18-10-12-5-3-2-4-6-12/h2-6,11,13H,7-10,15H2,1H3. The van der Waals surface area contributed by atoms with Gasteiger partial charge in [-0.1, -0.05) is 30.3 Å². The lowest BCUT2D eigenvalue weighted by Gasteiger charge is -2.35. The van der Waals surface area contributed by atoms with Gasteiger partial charge in [0.05, 0.1) is 0 Å². The summed E-state index contributed by atoms with van der Waals surface area (Å²) >= 11 is 0. The lowest BCUT2D eigenvalue weighted by atomic mass is 10.00. The van der Waals surface area contributed by atoms with Crippen LogP contribution in [0.1, 0.15) is 25.3 Å². The van der Waals surface area contributed by atoms with Crippen LogP contribution in [0.3, 0.4) is 0 Å². The minimum Gasteiger partial charge on any atom is -0.445 e. The first-order valence-electron chi connectivity index (χ1n) is 6.39. The lowest BCUT2D eigenvalue weighted by molar-refractivity contribution is 0.0690. The Hall–Kier alpha value is -1.55. The average molecular weight is 248 g/mol. The highest BCUT2D eigenvalue weighted by atomic mass is 16.6. The number of hydrogen-bond donors (Lipinski definition) is 1. The number of carbonyl (C=O) groups excluding carboxylic acids is 1. The van der Waals surface area contributed by atoms with Crippen molar-refractivity contribution >= 4 is 6.09 Å². The Morgan fingerprint density at radius 3 is 2.83 bits per heavy atom. The second-order valence-electron chi connectivity index (χ2n) is 4.87. The minimum absolute atomic E-state index is 0.164. The summed E-state index contributed by atoms with van der Waals surface area (Å²) in [6.07, 6.45) is 1.46. The van der Waals surface area contributed by atoms with Gasteiger partial charge in [-0.15, -0.1) is 0 Å². The molecule has 0 saturated carbocycles. The number of hydrogen-bond acceptors (Lipinski definition) is 3. The van der Waals surface area contributed by atoms with Gasteiger partial charge in [-0.05, 0) is 25.3 Å². The van der Waals surface area contributed by atoms with E-state index in [9.17, 15) is 4.79 Å². The fraction of sp³-hybridized carbons (Fsp3) is 0.500. The first-order valence-corrected chi connectivity index (χ1v) is 6.39. The van der Waals surface area contributed by atoms with Gasteiger partial charge in [-0.3, -0.25) is 0 Å². The molecule has 0 bridgehead atoms. The van der Waals surface area contributed by atoms with Gasteiger partial charge in [-0.25, -0.2) is 4.79 Å². The zero-order chi connectivity index (χ0) is 13.0. The summed E-state index contributed by atoms with van der Waals surface area (Å²) in [7, 11) is 0. The molecule has 1 amide bonds. The predicted molar refractivity (Wildman–Crippen MR) is 70.0 cm³/mol. The molecular formula is C14H20N2O2. The Morgan fingerprint density at radius 2 is 2.17 bits per heavy atom. The fourth-order valence-corrected chi connectivity index (χ4v) is 2.28. The smallest absolute Gasteiger partial charge is 0.410 e. The maximum absolute atomic E-state index is 12.0. The third kappa shape index (κ3) is 3.23. The summed E-state index contributed by atoms with van der Waals surface area (Å²) in [5, 5.41) is 0.